The summed E-state index contributed by atoms with van der Waals surface area (Å²) in [5, 5.41) is 0. The van der Waals surface area contributed by atoms with Gasteiger partial charge >= 0.3 is 0 Å². The van der Waals surface area contributed by atoms with Gasteiger partial charge in [-0.3, -0.25) is 4.98 Å². The second-order valence-corrected chi connectivity index (χ2v) is 8.53. The SMILES string of the molecule is CCC(CC)Oc1cc(C)nc2c(-c3c(C)cc(C)cc3C)c(C)sc12. The van der Waals surface area contributed by atoms with Gasteiger partial charge in [-0.25, -0.2) is 0 Å². The number of hydrogen-bond acceptors (Lipinski definition) is 3. The Bertz CT molecular complexity index is 927. The van der Waals surface area contributed by atoms with Gasteiger partial charge in [-0.2, -0.15) is 0 Å². The van der Waals surface area contributed by atoms with E-state index in [4.69, 9.17) is 9.72 Å². The van der Waals surface area contributed by atoms with E-state index in [1.807, 2.05) is 0 Å². The molecule has 2 aromatic heterocycles. The lowest BCUT2D eigenvalue weighted by molar-refractivity contribution is 0.195. The van der Waals surface area contributed by atoms with Gasteiger partial charge in [0.15, 0.2) is 0 Å². The summed E-state index contributed by atoms with van der Waals surface area (Å²) in [6.07, 6.45) is 2.30. The minimum absolute atomic E-state index is 0.258. The Morgan fingerprint density at radius 1 is 0.923 bits per heavy atom. The number of hydrogen-bond donors (Lipinski definition) is 0. The average molecular weight is 368 g/mol. The van der Waals surface area contributed by atoms with Crippen LogP contribution in [0.25, 0.3) is 21.3 Å². The first-order chi connectivity index (χ1) is 12.3. The van der Waals surface area contributed by atoms with Crippen molar-refractivity contribution in [1.29, 1.82) is 0 Å². The Kier molecular flexibility index (Phi) is 5.38. The van der Waals surface area contributed by atoms with Gasteiger partial charge in [0, 0.05) is 22.2 Å². The number of thiophene rings is 1. The molecule has 0 fully saturated rings. The molecule has 0 spiro atoms. The molecule has 0 aliphatic rings. The number of pyridine rings is 1. The van der Waals surface area contributed by atoms with Crippen LogP contribution in [0.2, 0.25) is 0 Å². The fourth-order valence-electron chi connectivity index (χ4n) is 3.86. The van der Waals surface area contributed by atoms with E-state index in [-0.39, 0.29) is 6.10 Å². The predicted octanol–water partition coefficient (Wildman–Crippen LogP) is 7.07. The van der Waals surface area contributed by atoms with Gasteiger partial charge in [0.25, 0.3) is 0 Å². The third-order valence-electron chi connectivity index (χ3n) is 5.04. The lowest BCUT2D eigenvalue weighted by Gasteiger charge is -2.17. The van der Waals surface area contributed by atoms with Crippen molar-refractivity contribution < 1.29 is 4.74 Å². The van der Waals surface area contributed by atoms with Crippen LogP contribution in [0.5, 0.6) is 5.75 Å². The zero-order valence-corrected chi connectivity index (χ0v) is 17.8. The van der Waals surface area contributed by atoms with Crippen molar-refractivity contribution in [1.82, 2.24) is 4.98 Å². The molecule has 2 nitrogen and oxygen atoms in total. The van der Waals surface area contributed by atoms with Crippen LogP contribution in [0.15, 0.2) is 18.2 Å². The highest BCUT2D eigenvalue weighted by Gasteiger charge is 2.20. The van der Waals surface area contributed by atoms with Gasteiger partial charge < -0.3 is 4.74 Å². The third-order valence-corrected chi connectivity index (χ3v) is 6.15. The fraction of sp³-hybridized carbons (Fsp3) is 0.435. The summed E-state index contributed by atoms with van der Waals surface area (Å²) < 4.78 is 7.54. The van der Waals surface area contributed by atoms with Crippen molar-refractivity contribution in [2.45, 2.75) is 67.4 Å². The van der Waals surface area contributed by atoms with Crippen LogP contribution < -0.4 is 4.74 Å². The highest BCUT2D eigenvalue weighted by molar-refractivity contribution is 7.20. The zero-order chi connectivity index (χ0) is 19.0. The number of benzene rings is 1. The molecule has 3 heteroatoms. The van der Waals surface area contributed by atoms with Crippen molar-refractivity contribution in [3.63, 3.8) is 0 Å². The van der Waals surface area contributed by atoms with Crippen molar-refractivity contribution in [2.24, 2.45) is 0 Å². The lowest BCUT2D eigenvalue weighted by atomic mass is 9.93. The van der Waals surface area contributed by atoms with Crippen molar-refractivity contribution in [3.05, 3.63) is 45.5 Å². The maximum atomic E-state index is 6.36. The first kappa shape index (κ1) is 18.9. The third kappa shape index (κ3) is 3.37. The molecule has 0 atom stereocenters. The molecule has 0 aliphatic heterocycles. The van der Waals surface area contributed by atoms with E-state index in [2.05, 4.69) is 66.7 Å². The topological polar surface area (TPSA) is 22.1 Å². The maximum absolute atomic E-state index is 6.36. The standard InChI is InChI=1S/C23H29NOS/c1-8-18(9-2)25-19-12-16(6)24-22-21(17(7)26-23(19)22)20-14(4)10-13(3)11-15(20)5/h10-12,18H,8-9H2,1-7H3. The molecule has 0 radical (unpaired) electrons. The molecule has 0 unspecified atom stereocenters. The van der Waals surface area contributed by atoms with Crippen LogP contribution >= 0.6 is 11.3 Å². The summed E-state index contributed by atoms with van der Waals surface area (Å²) >= 11 is 1.81. The largest absolute Gasteiger partial charge is 0.489 e. The van der Waals surface area contributed by atoms with Crippen molar-refractivity contribution >= 4 is 21.6 Å². The summed E-state index contributed by atoms with van der Waals surface area (Å²) in [6.45, 7) is 15.2. The zero-order valence-electron chi connectivity index (χ0n) is 17.0. The van der Waals surface area contributed by atoms with Gasteiger partial charge in [-0.1, -0.05) is 31.5 Å². The molecule has 0 aliphatic carbocycles. The van der Waals surface area contributed by atoms with Crippen LogP contribution in [0.4, 0.5) is 0 Å². The van der Waals surface area contributed by atoms with Crippen LogP contribution in [0.3, 0.4) is 0 Å². The lowest BCUT2D eigenvalue weighted by Crippen LogP contribution is -2.13. The van der Waals surface area contributed by atoms with Crippen LogP contribution in [-0.2, 0) is 0 Å². The van der Waals surface area contributed by atoms with Crippen LogP contribution in [-0.4, -0.2) is 11.1 Å². The first-order valence-electron chi connectivity index (χ1n) is 9.51. The maximum Gasteiger partial charge on any atom is 0.140 e. The molecule has 3 rings (SSSR count). The molecule has 26 heavy (non-hydrogen) atoms. The predicted molar refractivity (Wildman–Crippen MR) is 114 cm³/mol. The Morgan fingerprint density at radius 2 is 1.54 bits per heavy atom. The molecule has 2 heterocycles. The monoisotopic (exact) mass is 367 g/mol. The summed E-state index contributed by atoms with van der Waals surface area (Å²) in [4.78, 5) is 6.24. The number of rotatable bonds is 5. The Morgan fingerprint density at radius 3 is 2.12 bits per heavy atom. The Balaban J connectivity index is 2.26. The number of nitrogens with zero attached hydrogens (tertiary/aromatic N) is 1. The van der Waals surface area contributed by atoms with Crippen molar-refractivity contribution in [2.75, 3.05) is 0 Å². The molecule has 0 saturated heterocycles. The van der Waals surface area contributed by atoms with Crippen molar-refractivity contribution in [3.8, 4) is 16.9 Å². The number of fused-ring (bicyclic) bond motifs is 1. The molecule has 1 aromatic carbocycles. The first-order valence-corrected chi connectivity index (χ1v) is 10.3. The molecule has 0 saturated carbocycles. The smallest absolute Gasteiger partial charge is 0.140 e. The van der Waals surface area contributed by atoms with Gasteiger partial charge in [0.2, 0.25) is 0 Å². The summed E-state index contributed by atoms with van der Waals surface area (Å²) in [7, 11) is 0. The Hall–Kier alpha value is -1.87. The van der Waals surface area contributed by atoms with Gasteiger partial charge in [-0.05, 0) is 64.2 Å². The summed E-state index contributed by atoms with van der Waals surface area (Å²) in [5.41, 5.74) is 8.64. The highest BCUT2D eigenvalue weighted by Crippen LogP contribution is 2.44. The van der Waals surface area contributed by atoms with E-state index in [0.29, 0.717) is 0 Å². The van der Waals surface area contributed by atoms with E-state index in [1.54, 1.807) is 11.3 Å². The fourth-order valence-corrected chi connectivity index (χ4v) is 4.92. The minimum atomic E-state index is 0.258. The molecule has 0 bridgehead atoms. The Labute approximate surface area is 161 Å². The van der Waals surface area contributed by atoms with Crippen LogP contribution in [0.1, 0.15) is 54.0 Å². The number of ether oxygens (including phenoxy) is 1. The van der Waals surface area contributed by atoms with Gasteiger partial charge in [0.1, 0.15) is 5.75 Å². The van der Waals surface area contributed by atoms with Crippen LogP contribution in [0, 0.1) is 34.6 Å². The number of aryl methyl sites for hydroxylation is 5. The molecule has 3 aromatic rings. The molecular formula is C23H29NOS. The normalized spacial score (nSPS) is 11.5. The molecule has 0 amide bonds. The van der Waals surface area contributed by atoms with E-state index >= 15 is 0 Å². The van der Waals surface area contributed by atoms with E-state index in [1.165, 1.54) is 37.4 Å². The average Bonchev–Trinajstić information content (AvgIpc) is 2.88. The van der Waals surface area contributed by atoms with Gasteiger partial charge in [-0.15, -0.1) is 11.3 Å². The molecule has 138 valence electrons. The number of aromatic nitrogens is 1. The summed E-state index contributed by atoms with van der Waals surface area (Å²) in [5.74, 6) is 0.989. The second-order valence-electron chi connectivity index (χ2n) is 7.30. The second kappa shape index (κ2) is 7.40. The molecular weight excluding hydrogens is 338 g/mol. The molecule has 0 N–H and O–H groups in total. The quantitative estimate of drug-likeness (QED) is 0.481. The summed E-state index contributed by atoms with van der Waals surface area (Å²) in [6, 6.07) is 6.63. The van der Waals surface area contributed by atoms with E-state index in [0.717, 1.165) is 29.8 Å². The minimum Gasteiger partial charge on any atom is -0.489 e. The highest BCUT2D eigenvalue weighted by atomic mass is 32.1. The van der Waals surface area contributed by atoms with Gasteiger partial charge in [0.05, 0.1) is 16.3 Å². The van der Waals surface area contributed by atoms with E-state index < -0.39 is 0 Å². The van der Waals surface area contributed by atoms with E-state index in [9.17, 15) is 0 Å².